The van der Waals surface area contributed by atoms with Gasteiger partial charge in [-0.2, -0.15) is 0 Å². The number of hydrogen-bond donors (Lipinski definition) is 1. The van der Waals surface area contributed by atoms with Crippen molar-refractivity contribution in [3.8, 4) is 0 Å². The fourth-order valence-corrected chi connectivity index (χ4v) is 3.57. The van der Waals surface area contributed by atoms with Crippen molar-refractivity contribution in [1.29, 1.82) is 0 Å². The first-order valence-electron chi connectivity index (χ1n) is 7.26. The molecule has 0 spiro atoms. The maximum absolute atomic E-state index is 5.85. The Hall–Kier alpha value is -0.0800. The van der Waals surface area contributed by atoms with Gasteiger partial charge in [-0.1, -0.05) is 19.8 Å². The average molecular weight is 224 g/mol. The standard InChI is InChI=1S/C14H28N2/c1-2-12-6-8-16(9-7-12)11-14-5-3-4-13(14)10-15/h12-14H,2-11,15H2,1H3. The zero-order valence-corrected chi connectivity index (χ0v) is 10.8. The lowest BCUT2D eigenvalue weighted by Crippen LogP contribution is -2.38. The van der Waals surface area contributed by atoms with Crippen molar-refractivity contribution >= 4 is 0 Å². The van der Waals surface area contributed by atoms with Crippen LogP contribution in [0.1, 0.15) is 45.4 Å². The average Bonchev–Trinajstić information content (AvgIpc) is 2.77. The van der Waals surface area contributed by atoms with Crippen LogP contribution in [-0.4, -0.2) is 31.1 Å². The van der Waals surface area contributed by atoms with Gasteiger partial charge in [-0.3, -0.25) is 0 Å². The highest BCUT2D eigenvalue weighted by molar-refractivity contribution is 4.82. The minimum atomic E-state index is 0.823. The topological polar surface area (TPSA) is 29.3 Å². The van der Waals surface area contributed by atoms with Crippen molar-refractivity contribution in [2.45, 2.75) is 45.4 Å². The number of hydrogen-bond acceptors (Lipinski definition) is 2. The zero-order valence-electron chi connectivity index (χ0n) is 10.8. The van der Waals surface area contributed by atoms with Crippen LogP contribution in [0.4, 0.5) is 0 Å². The smallest absolute Gasteiger partial charge is 0.00128 e. The molecule has 0 aromatic rings. The molecule has 1 heterocycles. The Kier molecular flexibility index (Phi) is 4.66. The lowest BCUT2D eigenvalue weighted by atomic mass is 9.91. The van der Waals surface area contributed by atoms with Gasteiger partial charge in [0, 0.05) is 6.54 Å². The van der Waals surface area contributed by atoms with Crippen LogP contribution in [0.25, 0.3) is 0 Å². The summed E-state index contributed by atoms with van der Waals surface area (Å²) < 4.78 is 0. The van der Waals surface area contributed by atoms with E-state index in [9.17, 15) is 0 Å². The van der Waals surface area contributed by atoms with E-state index in [4.69, 9.17) is 5.73 Å². The molecule has 0 bridgehead atoms. The highest BCUT2D eigenvalue weighted by atomic mass is 15.1. The SMILES string of the molecule is CCC1CCN(CC2CCCC2CN)CC1. The molecule has 2 unspecified atom stereocenters. The molecule has 1 aliphatic carbocycles. The first-order valence-corrected chi connectivity index (χ1v) is 7.26. The van der Waals surface area contributed by atoms with Gasteiger partial charge in [0.15, 0.2) is 0 Å². The molecule has 2 atom stereocenters. The zero-order chi connectivity index (χ0) is 11.4. The van der Waals surface area contributed by atoms with Gasteiger partial charge >= 0.3 is 0 Å². The van der Waals surface area contributed by atoms with E-state index in [0.29, 0.717) is 0 Å². The van der Waals surface area contributed by atoms with E-state index < -0.39 is 0 Å². The second kappa shape index (κ2) is 6.02. The molecule has 2 fully saturated rings. The monoisotopic (exact) mass is 224 g/mol. The largest absolute Gasteiger partial charge is 0.330 e. The molecule has 1 saturated heterocycles. The Labute approximate surface area is 101 Å². The second-order valence-electron chi connectivity index (χ2n) is 5.84. The molecule has 2 aliphatic rings. The summed E-state index contributed by atoms with van der Waals surface area (Å²) in [7, 11) is 0. The lowest BCUT2D eigenvalue weighted by Gasteiger charge is -2.34. The molecular formula is C14H28N2. The normalized spacial score (nSPS) is 33.4. The first-order chi connectivity index (χ1) is 7.83. The summed E-state index contributed by atoms with van der Waals surface area (Å²) >= 11 is 0. The number of rotatable bonds is 4. The van der Waals surface area contributed by atoms with E-state index >= 15 is 0 Å². The minimum absolute atomic E-state index is 0.823. The molecule has 0 aromatic carbocycles. The van der Waals surface area contributed by atoms with E-state index in [1.165, 1.54) is 58.2 Å². The van der Waals surface area contributed by atoms with Gasteiger partial charge in [0.2, 0.25) is 0 Å². The summed E-state index contributed by atoms with van der Waals surface area (Å²) in [4.78, 5) is 2.70. The Bertz CT molecular complexity index is 197. The van der Waals surface area contributed by atoms with Gasteiger partial charge in [-0.15, -0.1) is 0 Å². The molecule has 2 nitrogen and oxygen atoms in total. The Balaban J connectivity index is 1.73. The number of likely N-dealkylation sites (tertiary alicyclic amines) is 1. The third-order valence-corrected chi connectivity index (χ3v) is 4.90. The van der Waals surface area contributed by atoms with Gasteiger partial charge in [0.1, 0.15) is 0 Å². The predicted octanol–water partition coefficient (Wildman–Crippen LogP) is 2.48. The van der Waals surface area contributed by atoms with Crippen molar-refractivity contribution in [2.24, 2.45) is 23.5 Å². The molecule has 0 aromatic heterocycles. The molecule has 1 saturated carbocycles. The molecule has 2 rings (SSSR count). The summed E-state index contributed by atoms with van der Waals surface area (Å²) in [6.07, 6.45) is 8.45. The maximum Gasteiger partial charge on any atom is 0.00128 e. The van der Waals surface area contributed by atoms with Crippen LogP contribution in [0.3, 0.4) is 0 Å². The molecule has 16 heavy (non-hydrogen) atoms. The fraction of sp³-hybridized carbons (Fsp3) is 1.00. The van der Waals surface area contributed by atoms with Crippen LogP contribution in [0.5, 0.6) is 0 Å². The van der Waals surface area contributed by atoms with Gasteiger partial charge in [0.05, 0.1) is 0 Å². The van der Waals surface area contributed by atoms with E-state index in [1.54, 1.807) is 0 Å². The van der Waals surface area contributed by atoms with Gasteiger partial charge in [-0.05, 0) is 63.1 Å². The van der Waals surface area contributed by atoms with Crippen molar-refractivity contribution in [3.63, 3.8) is 0 Å². The van der Waals surface area contributed by atoms with Crippen LogP contribution in [0, 0.1) is 17.8 Å². The van der Waals surface area contributed by atoms with Gasteiger partial charge in [-0.25, -0.2) is 0 Å². The summed E-state index contributed by atoms with van der Waals surface area (Å²) in [5.41, 5.74) is 5.85. The van der Waals surface area contributed by atoms with Crippen LogP contribution in [0.2, 0.25) is 0 Å². The van der Waals surface area contributed by atoms with Gasteiger partial charge in [0.25, 0.3) is 0 Å². The van der Waals surface area contributed by atoms with E-state index in [-0.39, 0.29) is 0 Å². The summed E-state index contributed by atoms with van der Waals surface area (Å²) in [6, 6.07) is 0. The van der Waals surface area contributed by atoms with Crippen molar-refractivity contribution < 1.29 is 0 Å². The molecular weight excluding hydrogens is 196 g/mol. The van der Waals surface area contributed by atoms with Crippen molar-refractivity contribution in [3.05, 3.63) is 0 Å². The first kappa shape index (κ1) is 12.4. The minimum Gasteiger partial charge on any atom is -0.330 e. The Morgan fingerprint density at radius 2 is 1.75 bits per heavy atom. The molecule has 2 heteroatoms. The van der Waals surface area contributed by atoms with E-state index in [1.807, 2.05) is 0 Å². The van der Waals surface area contributed by atoms with Crippen LogP contribution >= 0.6 is 0 Å². The van der Waals surface area contributed by atoms with Crippen molar-refractivity contribution in [1.82, 2.24) is 4.90 Å². The molecule has 94 valence electrons. The molecule has 2 N–H and O–H groups in total. The predicted molar refractivity (Wildman–Crippen MR) is 69.3 cm³/mol. The lowest BCUT2D eigenvalue weighted by molar-refractivity contribution is 0.146. The number of nitrogens with zero attached hydrogens (tertiary/aromatic N) is 1. The summed E-state index contributed by atoms with van der Waals surface area (Å²) in [5.74, 6) is 2.73. The van der Waals surface area contributed by atoms with E-state index in [0.717, 1.165) is 24.3 Å². The maximum atomic E-state index is 5.85. The summed E-state index contributed by atoms with van der Waals surface area (Å²) in [6.45, 7) is 7.26. The van der Waals surface area contributed by atoms with Crippen LogP contribution in [0.15, 0.2) is 0 Å². The third kappa shape index (κ3) is 2.98. The van der Waals surface area contributed by atoms with Crippen molar-refractivity contribution in [2.75, 3.05) is 26.2 Å². The quantitative estimate of drug-likeness (QED) is 0.795. The summed E-state index contributed by atoms with van der Waals surface area (Å²) in [5, 5.41) is 0. The highest BCUT2D eigenvalue weighted by Crippen LogP contribution is 2.32. The highest BCUT2D eigenvalue weighted by Gasteiger charge is 2.28. The molecule has 0 radical (unpaired) electrons. The number of piperidine rings is 1. The molecule has 0 amide bonds. The Morgan fingerprint density at radius 3 is 2.38 bits per heavy atom. The van der Waals surface area contributed by atoms with Gasteiger partial charge < -0.3 is 10.6 Å². The third-order valence-electron chi connectivity index (χ3n) is 4.90. The van der Waals surface area contributed by atoms with Crippen LogP contribution in [-0.2, 0) is 0 Å². The molecule has 1 aliphatic heterocycles. The van der Waals surface area contributed by atoms with Crippen LogP contribution < -0.4 is 5.73 Å². The van der Waals surface area contributed by atoms with E-state index in [2.05, 4.69) is 11.8 Å². The number of nitrogens with two attached hydrogens (primary N) is 1. The fourth-order valence-electron chi connectivity index (χ4n) is 3.57. The second-order valence-corrected chi connectivity index (χ2v) is 5.84. The Morgan fingerprint density at radius 1 is 1.06 bits per heavy atom.